The summed E-state index contributed by atoms with van der Waals surface area (Å²) in [6.07, 6.45) is 5.56. The van der Waals surface area contributed by atoms with E-state index in [9.17, 15) is 14.4 Å². The van der Waals surface area contributed by atoms with E-state index in [-0.39, 0.29) is 18.7 Å². The van der Waals surface area contributed by atoms with Crippen molar-refractivity contribution in [2.45, 2.75) is 32.7 Å². The van der Waals surface area contributed by atoms with Crippen molar-refractivity contribution in [1.82, 2.24) is 10.3 Å². The number of allylic oxidation sites excluding steroid dienone is 3. The molecule has 0 spiro atoms. The smallest absolute Gasteiger partial charge is 0.264 e. The van der Waals surface area contributed by atoms with E-state index in [2.05, 4.69) is 5.32 Å². The summed E-state index contributed by atoms with van der Waals surface area (Å²) in [5, 5.41) is 3.05. The molecule has 3 amide bonds. The van der Waals surface area contributed by atoms with Gasteiger partial charge < -0.3 is 0 Å². The highest BCUT2D eigenvalue weighted by Crippen LogP contribution is 2.11. The predicted molar refractivity (Wildman–Crippen MR) is 65.8 cm³/mol. The number of amides is 3. The van der Waals surface area contributed by atoms with Gasteiger partial charge in [-0.1, -0.05) is 18.2 Å². The van der Waals surface area contributed by atoms with Crippen LogP contribution in [0, 0.1) is 0 Å². The summed E-state index contributed by atoms with van der Waals surface area (Å²) in [4.78, 5) is 34.4. The number of hydrogen-bond donors (Lipinski definition) is 2. The van der Waals surface area contributed by atoms with E-state index in [0.29, 0.717) is 5.57 Å². The third kappa shape index (κ3) is 3.27. The number of piperidine rings is 1. The van der Waals surface area contributed by atoms with Gasteiger partial charge in [-0.05, 0) is 20.3 Å². The number of imide groups is 1. The van der Waals surface area contributed by atoms with E-state index < -0.39 is 17.9 Å². The Kier molecular flexibility index (Phi) is 4.79. The molecule has 1 unspecified atom stereocenters. The number of carbonyl (C=O) groups is 3. The molecule has 1 rings (SSSR count). The molecule has 6 heteroatoms. The zero-order valence-electron chi connectivity index (χ0n) is 10.5. The van der Waals surface area contributed by atoms with Crippen molar-refractivity contribution < 1.29 is 14.4 Å². The van der Waals surface area contributed by atoms with Gasteiger partial charge in [-0.2, -0.15) is 0 Å². The van der Waals surface area contributed by atoms with E-state index in [1.807, 2.05) is 6.92 Å². The highest BCUT2D eigenvalue weighted by molar-refractivity contribution is 6.03. The fraction of sp³-hybridized carbons (Fsp3) is 0.417. The van der Waals surface area contributed by atoms with E-state index in [1.54, 1.807) is 25.2 Å². The zero-order chi connectivity index (χ0) is 13.7. The first-order valence-electron chi connectivity index (χ1n) is 5.69. The largest absolute Gasteiger partial charge is 0.295 e. The third-order valence-corrected chi connectivity index (χ3v) is 2.66. The lowest BCUT2D eigenvalue weighted by Gasteiger charge is -2.29. The first kappa shape index (κ1) is 14.1. The molecule has 18 heavy (non-hydrogen) atoms. The molecule has 0 aromatic heterocycles. The summed E-state index contributed by atoms with van der Waals surface area (Å²) in [5.41, 5.74) is 0.431. The van der Waals surface area contributed by atoms with Gasteiger partial charge >= 0.3 is 0 Å². The monoisotopic (exact) mass is 251 g/mol. The average Bonchev–Trinajstić information content (AvgIpc) is 2.34. The normalized spacial score (nSPS) is 21.1. The fourth-order valence-corrected chi connectivity index (χ4v) is 1.60. The van der Waals surface area contributed by atoms with Crippen LogP contribution in [0.25, 0.3) is 0 Å². The number of hydrogen-bond acceptors (Lipinski definition) is 4. The van der Waals surface area contributed by atoms with Gasteiger partial charge in [0.1, 0.15) is 6.04 Å². The second-order valence-electron chi connectivity index (χ2n) is 4.05. The van der Waals surface area contributed by atoms with Crippen LogP contribution >= 0.6 is 0 Å². The minimum absolute atomic E-state index is 0.189. The summed E-state index contributed by atoms with van der Waals surface area (Å²) in [6, 6.07) is -0.788. The van der Waals surface area contributed by atoms with Crippen molar-refractivity contribution in [3.63, 3.8) is 0 Å². The maximum Gasteiger partial charge on any atom is 0.264 e. The van der Waals surface area contributed by atoms with Crippen LogP contribution in [0.4, 0.5) is 0 Å². The summed E-state index contributed by atoms with van der Waals surface area (Å²) < 4.78 is 0. The van der Waals surface area contributed by atoms with Crippen LogP contribution in [-0.2, 0) is 14.4 Å². The Morgan fingerprint density at radius 1 is 1.50 bits per heavy atom. The Morgan fingerprint density at radius 3 is 2.72 bits per heavy atom. The van der Waals surface area contributed by atoms with Crippen LogP contribution in [0.3, 0.4) is 0 Å². The third-order valence-electron chi connectivity index (χ3n) is 2.66. The van der Waals surface area contributed by atoms with Crippen molar-refractivity contribution in [1.29, 1.82) is 0 Å². The van der Waals surface area contributed by atoms with Gasteiger partial charge in [0.15, 0.2) is 0 Å². The molecule has 0 aromatic rings. The molecule has 0 bridgehead atoms. The van der Waals surface area contributed by atoms with E-state index in [1.165, 1.54) is 0 Å². The fourth-order valence-electron chi connectivity index (χ4n) is 1.60. The minimum atomic E-state index is -0.788. The van der Waals surface area contributed by atoms with Gasteiger partial charge in [0.05, 0.1) is 0 Å². The summed E-state index contributed by atoms with van der Waals surface area (Å²) in [6.45, 7) is 3.45. The molecule has 1 atom stereocenters. The lowest BCUT2D eigenvalue weighted by molar-refractivity contribution is -0.144. The predicted octanol–water partition coefficient (Wildman–Crippen LogP) is 0.0163. The number of rotatable bonds is 3. The van der Waals surface area contributed by atoms with Crippen LogP contribution in [0.15, 0.2) is 23.8 Å². The standard InChI is InChI=1S/C12H17N3O3/c1-3-4-5-8(2)12(18)15(13)9-6-7-10(16)14-11(9)17/h3-5,9H,6-7,13H2,1-2H3,(H,14,16,17)/b4-3-,8-5+. The number of hydrazine groups is 1. The van der Waals surface area contributed by atoms with Crippen molar-refractivity contribution in [3.05, 3.63) is 23.8 Å². The van der Waals surface area contributed by atoms with Crippen LogP contribution in [0.2, 0.25) is 0 Å². The van der Waals surface area contributed by atoms with Gasteiger partial charge in [0.2, 0.25) is 5.91 Å². The summed E-state index contributed by atoms with van der Waals surface area (Å²) >= 11 is 0. The Hall–Kier alpha value is -1.95. The second-order valence-corrected chi connectivity index (χ2v) is 4.05. The number of carbonyl (C=O) groups excluding carboxylic acids is 3. The van der Waals surface area contributed by atoms with E-state index in [4.69, 9.17) is 5.84 Å². The molecule has 98 valence electrons. The van der Waals surface area contributed by atoms with Gasteiger partial charge in [0, 0.05) is 12.0 Å². The van der Waals surface area contributed by atoms with Crippen LogP contribution in [0.5, 0.6) is 0 Å². The van der Waals surface area contributed by atoms with Gasteiger partial charge in [-0.15, -0.1) is 0 Å². The molecular formula is C12H17N3O3. The molecule has 1 heterocycles. The van der Waals surface area contributed by atoms with Crippen molar-refractivity contribution in [2.24, 2.45) is 5.84 Å². The Balaban J connectivity index is 2.75. The van der Waals surface area contributed by atoms with Crippen LogP contribution in [-0.4, -0.2) is 28.8 Å². The molecule has 3 N–H and O–H groups in total. The van der Waals surface area contributed by atoms with E-state index in [0.717, 1.165) is 5.01 Å². The van der Waals surface area contributed by atoms with Crippen LogP contribution < -0.4 is 11.2 Å². The molecule has 0 saturated carbocycles. The topological polar surface area (TPSA) is 92.5 Å². The molecule has 6 nitrogen and oxygen atoms in total. The lowest BCUT2D eigenvalue weighted by Crippen LogP contribution is -2.57. The van der Waals surface area contributed by atoms with E-state index >= 15 is 0 Å². The Labute approximate surface area is 105 Å². The molecule has 0 aromatic carbocycles. The summed E-state index contributed by atoms with van der Waals surface area (Å²) in [7, 11) is 0. The van der Waals surface area contributed by atoms with Crippen LogP contribution in [0.1, 0.15) is 26.7 Å². The lowest BCUT2D eigenvalue weighted by atomic mass is 10.0. The van der Waals surface area contributed by atoms with Gasteiger partial charge in [-0.3, -0.25) is 24.7 Å². The van der Waals surface area contributed by atoms with Crippen molar-refractivity contribution in [3.8, 4) is 0 Å². The van der Waals surface area contributed by atoms with Gasteiger partial charge in [-0.25, -0.2) is 5.84 Å². The minimum Gasteiger partial charge on any atom is -0.295 e. The van der Waals surface area contributed by atoms with Crippen molar-refractivity contribution in [2.75, 3.05) is 0 Å². The molecule has 0 radical (unpaired) electrons. The molecular weight excluding hydrogens is 234 g/mol. The molecule has 1 aliphatic rings. The molecule has 1 aliphatic heterocycles. The molecule has 1 fully saturated rings. The number of nitrogens with two attached hydrogens (primary N) is 1. The highest BCUT2D eigenvalue weighted by atomic mass is 16.2. The SMILES string of the molecule is C/C=C\C=C(/C)C(=O)N(N)C1CCC(=O)NC1=O. The maximum absolute atomic E-state index is 11.9. The Morgan fingerprint density at radius 2 is 2.17 bits per heavy atom. The highest BCUT2D eigenvalue weighted by Gasteiger charge is 2.33. The van der Waals surface area contributed by atoms with Gasteiger partial charge in [0.25, 0.3) is 11.8 Å². The number of nitrogens with zero attached hydrogens (tertiary/aromatic N) is 1. The number of nitrogens with one attached hydrogen (secondary N) is 1. The Bertz CT molecular complexity index is 426. The first-order valence-corrected chi connectivity index (χ1v) is 5.69. The quantitative estimate of drug-likeness (QED) is 0.185. The zero-order valence-corrected chi connectivity index (χ0v) is 10.5. The molecule has 1 saturated heterocycles. The van der Waals surface area contributed by atoms with Crippen molar-refractivity contribution >= 4 is 17.7 Å². The second kappa shape index (κ2) is 6.11. The maximum atomic E-state index is 11.9. The first-order chi connectivity index (χ1) is 8.47. The average molecular weight is 251 g/mol. The summed E-state index contributed by atoms with van der Waals surface area (Å²) in [5.74, 6) is 4.36. The molecule has 0 aliphatic carbocycles.